The van der Waals surface area contributed by atoms with Gasteiger partial charge in [-0.15, -0.1) is 0 Å². The maximum absolute atomic E-state index is 13.7. The van der Waals surface area contributed by atoms with Crippen LogP contribution in [-0.2, 0) is 0 Å². The summed E-state index contributed by atoms with van der Waals surface area (Å²) >= 11 is 9.86. The van der Waals surface area contributed by atoms with Crippen molar-refractivity contribution in [3.05, 3.63) is 76.1 Å². The van der Waals surface area contributed by atoms with Crippen molar-refractivity contribution < 1.29 is 9.18 Å². The van der Waals surface area contributed by atoms with Crippen molar-refractivity contribution in [3.8, 4) is 11.3 Å². The highest BCUT2D eigenvalue weighted by Crippen LogP contribution is 2.30. The highest BCUT2D eigenvalue weighted by Gasteiger charge is 2.14. The van der Waals surface area contributed by atoms with Crippen LogP contribution >= 0.6 is 27.5 Å². The monoisotopic (exact) mass is 530 g/mol. The zero-order chi connectivity index (χ0) is 23.4. The molecular formula is C23H21BrClFN6O. The summed E-state index contributed by atoms with van der Waals surface area (Å²) < 4.78 is 16.2. The Labute approximate surface area is 203 Å². The van der Waals surface area contributed by atoms with E-state index in [1.165, 1.54) is 17.0 Å². The molecule has 4 aromatic rings. The summed E-state index contributed by atoms with van der Waals surface area (Å²) in [6, 6.07) is 15.1. The molecule has 2 heterocycles. The van der Waals surface area contributed by atoms with Crippen molar-refractivity contribution in [2.24, 2.45) is 0 Å². The number of carbonyl (C=O) groups is 1. The first-order chi connectivity index (χ1) is 15.9. The van der Waals surface area contributed by atoms with Gasteiger partial charge >= 0.3 is 6.03 Å². The second kappa shape index (κ2) is 10.2. The maximum atomic E-state index is 13.7. The van der Waals surface area contributed by atoms with Crippen LogP contribution in [0, 0.1) is 5.82 Å². The Morgan fingerprint density at radius 2 is 1.97 bits per heavy atom. The lowest BCUT2D eigenvalue weighted by Gasteiger charge is -2.18. The van der Waals surface area contributed by atoms with Gasteiger partial charge in [-0.05, 0) is 40.5 Å². The molecule has 2 N–H and O–H groups in total. The van der Waals surface area contributed by atoms with Gasteiger partial charge in [0.15, 0.2) is 5.65 Å². The maximum Gasteiger partial charge on any atom is 0.321 e. The van der Waals surface area contributed by atoms with Gasteiger partial charge in [-0.2, -0.15) is 9.61 Å². The minimum Gasteiger partial charge on any atom is -0.370 e. The molecule has 170 valence electrons. The molecule has 0 unspecified atom stereocenters. The van der Waals surface area contributed by atoms with Gasteiger partial charge in [-0.1, -0.05) is 41.9 Å². The van der Waals surface area contributed by atoms with E-state index < -0.39 is 5.82 Å². The minimum absolute atomic E-state index is 0.156. The summed E-state index contributed by atoms with van der Waals surface area (Å²) in [7, 11) is 1.67. The molecule has 0 aliphatic carbocycles. The van der Waals surface area contributed by atoms with Gasteiger partial charge in [0.2, 0.25) is 0 Å². The number of urea groups is 1. The molecule has 0 aliphatic heterocycles. The van der Waals surface area contributed by atoms with Crippen molar-refractivity contribution in [1.82, 2.24) is 19.5 Å². The molecule has 0 aliphatic rings. The van der Waals surface area contributed by atoms with E-state index in [1.54, 1.807) is 29.9 Å². The number of nitrogens with one attached hydrogen (secondary N) is 2. The number of hydrogen-bond donors (Lipinski definition) is 2. The number of anilines is 2. The fraction of sp³-hybridized carbons (Fsp3) is 0.174. The molecule has 0 spiro atoms. The third kappa shape index (κ3) is 5.26. The van der Waals surface area contributed by atoms with Crippen LogP contribution in [0.3, 0.4) is 0 Å². The smallest absolute Gasteiger partial charge is 0.321 e. The number of nitrogens with zero attached hydrogens (tertiary/aromatic N) is 4. The quantitative estimate of drug-likeness (QED) is 0.291. The molecule has 2 amide bonds. The van der Waals surface area contributed by atoms with E-state index in [1.807, 2.05) is 30.3 Å². The lowest BCUT2D eigenvalue weighted by molar-refractivity contribution is 0.222. The summed E-state index contributed by atoms with van der Waals surface area (Å²) in [5, 5.41) is 10.9. The molecule has 10 heteroatoms. The van der Waals surface area contributed by atoms with Crippen LogP contribution < -0.4 is 10.6 Å². The van der Waals surface area contributed by atoms with Crippen molar-refractivity contribution in [1.29, 1.82) is 0 Å². The van der Waals surface area contributed by atoms with Gasteiger partial charge in [-0.25, -0.2) is 14.2 Å². The van der Waals surface area contributed by atoms with Crippen molar-refractivity contribution >= 4 is 50.7 Å². The summed E-state index contributed by atoms with van der Waals surface area (Å²) in [4.78, 5) is 18.5. The highest BCUT2D eigenvalue weighted by molar-refractivity contribution is 9.10. The standard InChI is InChI=1S/C23H21BrClFN6O/c1-31(23(33)30-19-10-5-4-9-18(19)26)12-6-11-27-21-13-20(15-7-2-3-8-17(15)25)29-22-16(24)14-28-32(21)22/h2-5,7-10,13-14,27H,6,11-12H2,1H3,(H,30,33). The van der Waals surface area contributed by atoms with Crippen molar-refractivity contribution in [2.75, 3.05) is 30.8 Å². The summed E-state index contributed by atoms with van der Waals surface area (Å²) in [6.45, 7) is 1.05. The number of carbonyl (C=O) groups excluding carboxylic acids is 1. The Morgan fingerprint density at radius 1 is 1.21 bits per heavy atom. The Balaban J connectivity index is 1.41. The van der Waals surface area contributed by atoms with Crippen LogP contribution in [0.5, 0.6) is 0 Å². The van der Waals surface area contributed by atoms with Crippen LogP contribution in [0.25, 0.3) is 16.9 Å². The minimum atomic E-state index is -0.470. The number of fused-ring (bicyclic) bond motifs is 1. The first-order valence-corrected chi connectivity index (χ1v) is 11.4. The van der Waals surface area contributed by atoms with E-state index in [-0.39, 0.29) is 11.7 Å². The van der Waals surface area contributed by atoms with E-state index in [0.29, 0.717) is 30.2 Å². The molecule has 0 saturated carbocycles. The molecule has 0 radical (unpaired) electrons. The SMILES string of the molecule is CN(CCCNc1cc(-c2ccccc2Cl)nc2c(Br)cnn12)C(=O)Nc1ccccc1F. The highest BCUT2D eigenvalue weighted by atomic mass is 79.9. The van der Waals surface area contributed by atoms with E-state index in [4.69, 9.17) is 16.6 Å². The predicted octanol–water partition coefficient (Wildman–Crippen LogP) is 5.92. The van der Waals surface area contributed by atoms with Gasteiger partial charge in [0.05, 0.1) is 22.1 Å². The first kappa shape index (κ1) is 23.0. The Morgan fingerprint density at radius 3 is 2.76 bits per heavy atom. The molecule has 2 aromatic carbocycles. The second-order valence-corrected chi connectivity index (χ2v) is 8.61. The number of halogens is 3. The van der Waals surface area contributed by atoms with Crippen molar-refractivity contribution in [3.63, 3.8) is 0 Å². The number of hydrogen-bond acceptors (Lipinski definition) is 4. The number of aromatic nitrogens is 3. The fourth-order valence-electron chi connectivity index (χ4n) is 3.28. The van der Waals surface area contributed by atoms with E-state index >= 15 is 0 Å². The molecule has 33 heavy (non-hydrogen) atoms. The molecule has 0 bridgehead atoms. The average molecular weight is 532 g/mol. The summed E-state index contributed by atoms with van der Waals surface area (Å²) in [5.41, 5.74) is 2.36. The third-order valence-corrected chi connectivity index (χ3v) is 5.91. The number of benzene rings is 2. The van der Waals surface area contributed by atoms with Gasteiger partial charge in [0.25, 0.3) is 0 Å². The lowest BCUT2D eigenvalue weighted by Crippen LogP contribution is -2.33. The summed E-state index contributed by atoms with van der Waals surface area (Å²) in [6.07, 6.45) is 2.35. The van der Waals surface area contributed by atoms with Gasteiger partial charge in [0, 0.05) is 36.8 Å². The third-order valence-electron chi connectivity index (χ3n) is 5.02. The van der Waals surface area contributed by atoms with Crippen LogP contribution in [0.15, 0.2) is 65.3 Å². The molecule has 7 nitrogen and oxygen atoms in total. The van der Waals surface area contributed by atoms with Gasteiger partial charge < -0.3 is 15.5 Å². The van der Waals surface area contributed by atoms with Gasteiger partial charge in [-0.3, -0.25) is 0 Å². The van der Waals surface area contributed by atoms with Crippen molar-refractivity contribution in [2.45, 2.75) is 6.42 Å². The summed E-state index contributed by atoms with van der Waals surface area (Å²) in [5.74, 6) is 0.279. The van der Waals surface area contributed by atoms with Gasteiger partial charge in [0.1, 0.15) is 11.6 Å². The van der Waals surface area contributed by atoms with E-state index in [9.17, 15) is 9.18 Å². The lowest BCUT2D eigenvalue weighted by atomic mass is 10.1. The van der Waals surface area contributed by atoms with E-state index in [0.717, 1.165) is 21.5 Å². The molecule has 0 atom stereocenters. The molecule has 0 fully saturated rings. The first-order valence-electron chi connectivity index (χ1n) is 10.2. The number of para-hydroxylation sites is 1. The largest absolute Gasteiger partial charge is 0.370 e. The molecular weight excluding hydrogens is 511 g/mol. The number of amides is 2. The van der Waals surface area contributed by atoms with E-state index in [2.05, 4.69) is 31.7 Å². The zero-order valence-corrected chi connectivity index (χ0v) is 20.1. The Hall–Kier alpha value is -3.17. The van der Waals surface area contributed by atoms with Crippen LogP contribution in [0.4, 0.5) is 20.7 Å². The second-order valence-electron chi connectivity index (χ2n) is 7.35. The Bertz CT molecular complexity index is 1300. The molecule has 2 aromatic heterocycles. The normalized spacial score (nSPS) is 10.9. The number of rotatable bonds is 7. The average Bonchev–Trinajstić information content (AvgIpc) is 3.19. The Kier molecular flexibility index (Phi) is 7.10. The topological polar surface area (TPSA) is 74.6 Å². The predicted molar refractivity (Wildman–Crippen MR) is 132 cm³/mol. The van der Waals surface area contributed by atoms with Crippen LogP contribution in [0.2, 0.25) is 5.02 Å². The molecule has 4 rings (SSSR count). The molecule has 0 saturated heterocycles. The fourth-order valence-corrected chi connectivity index (χ4v) is 3.86. The van der Waals surface area contributed by atoms with Crippen LogP contribution in [-0.4, -0.2) is 45.7 Å². The zero-order valence-electron chi connectivity index (χ0n) is 17.7. The van der Waals surface area contributed by atoms with Crippen LogP contribution in [0.1, 0.15) is 6.42 Å².